The smallest absolute Gasteiger partial charge is 0.248 e. The van der Waals surface area contributed by atoms with Crippen LogP contribution in [0.25, 0.3) is 0 Å². The van der Waals surface area contributed by atoms with Gasteiger partial charge in [0.15, 0.2) is 0 Å². The van der Waals surface area contributed by atoms with Crippen LogP contribution in [0.5, 0.6) is 0 Å². The van der Waals surface area contributed by atoms with E-state index in [1.165, 1.54) is 6.07 Å². The molecule has 0 saturated carbocycles. The molecule has 0 atom stereocenters. The molecule has 2 N–H and O–H groups in total. The van der Waals surface area contributed by atoms with Gasteiger partial charge in [-0.2, -0.15) is 0 Å². The third-order valence-corrected chi connectivity index (χ3v) is 6.17. The van der Waals surface area contributed by atoms with Gasteiger partial charge in [-0.05, 0) is 92.2 Å². The summed E-state index contributed by atoms with van der Waals surface area (Å²) in [4.78, 5) is 13.8. The summed E-state index contributed by atoms with van der Waals surface area (Å²) < 4.78 is 14.4. The molecular weight excluding hydrogens is 431 g/mol. The van der Waals surface area contributed by atoms with Gasteiger partial charge in [0.05, 0.1) is 0 Å². The van der Waals surface area contributed by atoms with E-state index >= 15 is 0 Å². The minimum atomic E-state index is -0.455. The van der Waals surface area contributed by atoms with Crippen LogP contribution in [0, 0.1) is 11.7 Å². The van der Waals surface area contributed by atoms with Crippen molar-refractivity contribution in [1.29, 1.82) is 0 Å². The van der Waals surface area contributed by atoms with Crippen LogP contribution in [0.1, 0.15) is 34.3 Å². The number of rotatable bonds is 6. The Morgan fingerprint density at radius 2 is 1.96 bits per heavy atom. The molecule has 1 aliphatic heterocycles. The van der Waals surface area contributed by atoms with Crippen LogP contribution in [0.15, 0.2) is 40.9 Å². The molecule has 144 valence electrons. The van der Waals surface area contributed by atoms with Gasteiger partial charge in [-0.15, -0.1) is 0 Å². The minimum Gasteiger partial charge on any atom is -0.366 e. The van der Waals surface area contributed by atoms with Crippen LogP contribution >= 0.6 is 27.5 Å². The minimum absolute atomic E-state index is 0.178. The van der Waals surface area contributed by atoms with Gasteiger partial charge in [0.1, 0.15) is 5.82 Å². The second-order valence-corrected chi connectivity index (χ2v) is 8.48. The number of primary amides is 1. The molecule has 1 saturated heterocycles. The van der Waals surface area contributed by atoms with Crippen molar-refractivity contribution in [1.82, 2.24) is 4.90 Å². The van der Waals surface area contributed by atoms with Gasteiger partial charge in [-0.25, -0.2) is 4.39 Å². The summed E-state index contributed by atoms with van der Waals surface area (Å²) in [6.45, 7) is 2.98. The average Bonchev–Trinajstić information content (AvgIpc) is 2.64. The van der Waals surface area contributed by atoms with Gasteiger partial charge in [0.2, 0.25) is 5.91 Å². The number of nitrogens with zero attached hydrogens (tertiary/aromatic N) is 1. The first-order valence-electron chi connectivity index (χ1n) is 9.16. The Bertz CT molecular complexity index is 822. The number of carbonyl (C=O) groups is 1. The molecule has 0 spiro atoms. The second kappa shape index (κ2) is 9.18. The van der Waals surface area contributed by atoms with E-state index in [-0.39, 0.29) is 5.82 Å². The first kappa shape index (κ1) is 20.3. The number of benzene rings is 2. The fourth-order valence-electron chi connectivity index (χ4n) is 3.65. The Labute approximate surface area is 172 Å². The number of nitrogens with two attached hydrogens (primary N) is 1. The lowest BCUT2D eigenvalue weighted by atomic mass is 9.90. The van der Waals surface area contributed by atoms with Crippen LogP contribution in [-0.2, 0) is 12.8 Å². The summed E-state index contributed by atoms with van der Waals surface area (Å²) in [6.07, 6.45) is 3.94. The quantitative estimate of drug-likeness (QED) is 0.680. The lowest BCUT2D eigenvalue weighted by Crippen LogP contribution is -2.35. The third-order valence-electron chi connectivity index (χ3n) is 5.18. The zero-order valence-corrected chi connectivity index (χ0v) is 17.4. The molecule has 0 aliphatic carbocycles. The molecule has 3 rings (SSSR count). The van der Waals surface area contributed by atoms with Crippen molar-refractivity contribution in [3.05, 3.63) is 68.4 Å². The van der Waals surface area contributed by atoms with Crippen LogP contribution < -0.4 is 5.73 Å². The van der Waals surface area contributed by atoms with Crippen molar-refractivity contribution in [2.24, 2.45) is 11.7 Å². The van der Waals surface area contributed by atoms with Gasteiger partial charge >= 0.3 is 0 Å². The van der Waals surface area contributed by atoms with Gasteiger partial charge < -0.3 is 10.6 Å². The largest absolute Gasteiger partial charge is 0.366 e. The normalized spacial score (nSPS) is 15.8. The van der Waals surface area contributed by atoms with Crippen molar-refractivity contribution in [2.75, 3.05) is 19.6 Å². The van der Waals surface area contributed by atoms with Crippen LogP contribution in [-0.4, -0.2) is 30.4 Å². The molecule has 2 aromatic carbocycles. The highest BCUT2D eigenvalue weighted by molar-refractivity contribution is 9.10. The number of likely N-dealkylation sites (tertiary alicyclic amines) is 1. The van der Waals surface area contributed by atoms with Gasteiger partial charge in [0.25, 0.3) is 0 Å². The van der Waals surface area contributed by atoms with Gasteiger partial charge in [-0.3, -0.25) is 4.79 Å². The van der Waals surface area contributed by atoms with Crippen molar-refractivity contribution in [2.45, 2.75) is 25.7 Å². The molecule has 0 radical (unpaired) electrons. The lowest BCUT2D eigenvalue weighted by Gasteiger charge is -2.32. The number of halogens is 3. The molecule has 1 heterocycles. The topological polar surface area (TPSA) is 46.3 Å². The first-order valence-corrected chi connectivity index (χ1v) is 10.3. The van der Waals surface area contributed by atoms with Crippen LogP contribution in [0.4, 0.5) is 4.39 Å². The summed E-state index contributed by atoms with van der Waals surface area (Å²) in [7, 11) is 0. The predicted molar refractivity (Wildman–Crippen MR) is 111 cm³/mol. The van der Waals surface area contributed by atoms with Crippen LogP contribution in [0.3, 0.4) is 0 Å². The van der Waals surface area contributed by atoms with Gasteiger partial charge in [-0.1, -0.05) is 27.5 Å². The zero-order valence-electron chi connectivity index (χ0n) is 15.1. The molecule has 3 nitrogen and oxygen atoms in total. The molecular formula is C21H23BrClFN2O. The third kappa shape index (κ3) is 5.77. The highest BCUT2D eigenvalue weighted by Gasteiger charge is 2.20. The standard InChI is InChI=1S/C21H23BrClFN2O/c22-20-2-1-19(24)13-16(20)9-14-3-6-26(7-4-14)8-5-15-10-17(21(25)27)12-18(23)11-15/h1-2,10-14H,3-9H2,(H2,25,27). The van der Waals surface area contributed by atoms with Crippen LogP contribution in [0.2, 0.25) is 5.02 Å². The molecule has 1 amide bonds. The second-order valence-electron chi connectivity index (χ2n) is 7.19. The number of hydrogen-bond acceptors (Lipinski definition) is 2. The fourth-order valence-corrected chi connectivity index (χ4v) is 4.32. The van der Waals surface area contributed by atoms with E-state index in [4.69, 9.17) is 17.3 Å². The molecule has 2 aromatic rings. The lowest BCUT2D eigenvalue weighted by molar-refractivity contribution is 0.1000. The van der Waals surface area contributed by atoms with Gasteiger partial charge in [0, 0.05) is 21.6 Å². The van der Waals surface area contributed by atoms with E-state index in [2.05, 4.69) is 20.8 Å². The Balaban J connectivity index is 1.50. The predicted octanol–water partition coefficient (Wildman–Crippen LogP) is 4.84. The average molecular weight is 454 g/mol. The summed E-state index contributed by atoms with van der Waals surface area (Å²) >= 11 is 9.60. The maximum absolute atomic E-state index is 13.5. The van der Waals surface area contributed by atoms with E-state index in [1.54, 1.807) is 18.2 Å². The highest BCUT2D eigenvalue weighted by Crippen LogP contribution is 2.26. The molecule has 27 heavy (non-hydrogen) atoms. The van der Waals surface area contributed by atoms with Crippen molar-refractivity contribution < 1.29 is 9.18 Å². The van der Waals surface area contributed by atoms with E-state index < -0.39 is 5.91 Å². The number of hydrogen-bond donors (Lipinski definition) is 1. The SMILES string of the molecule is NC(=O)c1cc(Cl)cc(CCN2CCC(Cc3cc(F)ccc3Br)CC2)c1. The molecule has 1 fully saturated rings. The first-order chi connectivity index (χ1) is 12.9. The molecule has 0 unspecified atom stereocenters. The van der Waals surface area contributed by atoms with E-state index in [0.717, 1.165) is 60.9 Å². The van der Waals surface area contributed by atoms with E-state index in [0.29, 0.717) is 16.5 Å². The van der Waals surface area contributed by atoms with E-state index in [1.807, 2.05) is 12.1 Å². The number of carbonyl (C=O) groups excluding carboxylic acids is 1. The number of amides is 1. The highest BCUT2D eigenvalue weighted by atomic mass is 79.9. The molecule has 6 heteroatoms. The number of piperidine rings is 1. The zero-order chi connectivity index (χ0) is 19.4. The van der Waals surface area contributed by atoms with Crippen molar-refractivity contribution >= 4 is 33.4 Å². The monoisotopic (exact) mass is 452 g/mol. The maximum Gasteiger partial charge on any atom is 0.248 e. The Morgan fingerprint density at radius 1 is 1.22 bits per heavy atom. The molecule has 0 aromatic heterocycles. The summed E-state index contributed by atoms with van der Waals surface area (Å²) in [5.74, 6) is -0.0578. The molecule has 1 aliphatic rings. The van der Waals surface area contributed by atoms with Crippen molar-refractivity contribution in [3.63, 3.8) is 0 Å². The Kier molecular flexibility index (Phi) is 6.90. The fraction of sp³-hybridized carbons (Fsp3) is 0.381. The van der Waals surface area contributed by atoms with Crippen molar-refractivity contribution in [3.8, 4) is 0 Å². The summed E-state index contributed by atoms with van der Waals surface area (Å²) in [6, 6.07) is 10.2. The summed E-state index contributed by atoms with van der Waals surface area (Å²) in [5.41, 5.74) is 7.89. The Morgan fingerprint density at radius 3 is 2.67 bits per heavy atom. The Hall–Kier alpha value is -1.43. The van der Waals surface area contributed by atoms with E-state index in [9.17, 15) is 9.18 Å². The maximum atomic E-state index is 13.5. The molecule has 0 bridgehead atoms. The summed E-state index contributed by atoms with van der Waals surface area (Å²) in [5, 5.41) is 0.542.